The van der Waals surface area contributed by atoms with Crippen molar-refractivity contribution in [1.29, 1.82) is 0 Å². The Hall–Kier alpha value is -2.00. The smallest absolute Gasteiger partial charge is 0.0639 e. The number of anilines is 2. The summed E-state index contributed by atoms with van der Waals surface area (Å²) < 4.78 is 5.71. The van der Waals surface area contributed by atoms with Gasteiger partial charge in [-0.3, -0.25) is 0 Å². The topological polar surface area (TPSA) is 33.3 Å². The third-order valence-electron chi connectivity index (χ3n) is 4.06. The molecule has 0 aliphatic carbocycles. The van der Waals surface area contributed by atoms with Gasteiger partial charge in [-0.2, -0.15) is 0 Å². The van der Waals surface area contributed by atoms with Gasteiger partial charge in [-0.1, -0.05) is 36.4 Å². The summed E-state index contributed by atoms with van der Waals surface area (Å²) in [7, 11) is 0. The van der Waals surface area contributed by atoms with E-state index in [1.54, 1.807) is 0 Å². The first kappa shape index (κ1) is 17.4. The summed E-state index contributed by atoms with van der Waals surface area (Å²) >= 11 is 0. The van der Waals surface area contributed by atoms with E-state index >= 15 is 0 Å². The lowest BCUT2D eigenvalue weighted by molar-refractivity contribution is 0.154. The van der Waals surface area contributed by atoms with Gasteiger partial charge in [0.1, 0.15) is 0 Å². The maximum absolute atomic E-state index is 5.71. The van der Waals surface area contributed by atoms with E-state index in [0.717, 1.165) is 13.1 Å². The molecule has 0 aromatic heterocycles. The second-order valence-electron chi connectivity index (χ2n) is 6.00. The minimum atomic E-state index is 0.711. The number of ether oxygens (including phenoxy) is 1. The lowest BCUT2D eigenvalue weighted by atomic mass is 10.1. The predicted molar refractivity (Wildman–Crippen MR) is 99.6 cm³/mol. The molecule has 2 rings (SSSR count). The number of rotatable bonds is 8. The number of hydrogen-bond acceptors (Lipinski definition) is 3. The average molecular weight is 312 g/mol. The van der Waals surface area contributed by atoms with Gasteiger partial charge in [0.15, 0.2) is 0 Å². The molecule has 3 heteroatoms. The Bertz CT molecular complexity index is 542. The highest BCUT2D eigenvalue weighted by atomic mass is 16.5. The normalized spacial score (nSPS) is 10.6. The van der Waals surface area contributed by atoms with Crippen LogP contribution >= 0.6 is 0 Å². The van der Waals surface area contributed by atoms with Crippen molar-refractivity contribution in [2.75, 3.05) is 36.9 Å². The first-order valence-electron chi connectivity index (χ1n) is 8.27. The summed E-state index contributed by atoms with van der Waals surface area (Å²) in [5.41, 5.74) is 7.57. The standard InChI is InChI=1S/C20H28N2O/c1-15-7-5-8-16(2)19(15)21-11-13-23-14-12-22-20-17(3)9-6-10-18(20)4/h5-10,21-22H,11-14H2,1-4H3. The van der Waals surface area contributed by atoms with Crippen LogP contribution in [0.5, 0.6) is 0 Å². The van der Waals surface area contributed by atoms with Crippen LogP contribution in [0.25, 0.3) is 0 Å². The van der Waals surface area contributed by atoms with Gasteiger partial charge < -0.3 is 15.4 Å². The molecule has 0 saturated heterocycles. The van der Waals surface area contributed by atoms with Crippen LogP contribution < -0.4 is 10.6 Å². The third kappa shape index (κ3) is 5.00. The molecule has 124 valence electrons. The molecular formula is C20H28N2O. The van der Waals surface area contributed by atoms with Crippen LogP contribution in [-0.4, -0.2) is 26.3 Å². The quantitative estimate of drug-likeness (QED) is 0.706. The summed E-state index contributed by atoms with van der Waals surface area (Å²) in [6.07, 6.45) is 0. The molecule has 0 fully saturated rings. The summed E-state index contributed by atoms with van der Waals surface area (Å²) in [6.45, 7) is 11.6. The second-order valence-corrected chi connectivity index (χ2v) is 6.00. The highest BCUT2D eigenvalue weighted by Gasteiger charge is 2.02. The molecule has 0 aliphatic rings. The molecule has 0 heterocycles. The van der Waals surface area contributed by atoms with Crippen molar-refractivity contribution in [3.8, 4) is 0 Å². The molecule has 0 aliphatic heterocycles. The van der Waals surface area contributed by atoms with Gasteiger partial charge in [-0.25, -0.2) is 0 Å². The van der Waals surface area contributed by atoms with Crippen molar-refractivity contribution in [1.82, 2.24) is 0 Å². The fourth-order valence-electron chi connectivity index (χ4n) is 2.79. The van der Waals surface area contributed by atoms with Crippen molar-refractivity contribution in [2.24, 2.45) is 0 Å². The van der Waals surface area contributed by atoms with Crippen molar-refractivity contribution in [3.05, 3.63) is 58.7 Å². The van der Waals surface area contributed by atoms with Gasteiger partial charge >= 0.3 is 0 Å². The molecule has 0 amide bonds. The minimum Gasteiger partial charge on any atom is -0.382 e. The average Bonchev–Trinajstić information content (AvgIpc) is 2.51. The van der Waals surface area contributed by atoms with Gasteiger partial charge in [-0.05, 0) is 49.9 Å². The van der Waals surface area contributed by atoms with E-state index in [2.05, 4.69) is 74.7 Å². The summed E-state index contributed by atoms with van der Waals surface area (Å²) in [5.74, 6) is 0. The van der Waals surface area contributed by atoms with E-state index in [0.29, 0.717) is 13.2 Å². The zero-order valence-electron chi connectivity index (χ0n) is 14.7. The maximum atomic E-state index is 5.71. The fourth-order valence-corrected chi connectivity index (χ4v) is 2.79. The molecule has 0 spiro atoms. The Labute approximate surface area is 140 Å². The van der Waals surface area contributed by atoms with E-state index in [-0.39, 0.29) is 0 Å². The highest BCUT2D eigenvalue weighted by molar-refractivity contribution is 5.57. The predicted octanol–water partition coefficient (Wildman–Crippen LogP) is 4.46. The number of nitrogens with one attached hydrogen (secondary N) is 2. The molecule has 2 aromatic carbocycles. The van der Waals surface area contributed by atoms with Crippen LogP contribution in [0.3, 0.4) is 0 Å². The molecular weight excluding hydrogens is 284 g/mol. The Morgan fingerprint density at radius 1 is 0.652 bits per heavy atom. The van der Waals surface area contributed by atoms with Crippen LogP contribution in [0.15, 0.2) is 36.4 Å². The molecule has 2 aromatic rings. The lowest BCUT2D eigenvalue weighted by Crippen LogP contribution is -2.16. The van der Waals surface area contributed by atoms with Crippen LogP contribution in [-0.2, 0) is 4.74 Å². The van der Waals surface area contributed by atoms with Crippen molar-refractivity contribution in [3.63, 3.8) is 0 Å². The summed E-state index contributed by atoms with van der Waals surface area (Å²) in [5, 5.41) is 6.93. The molecule has 0 unspecified atom stereocenters. The Morgan fingerprint density at radius 2 is 1.00 bits per heavy atom. The van der Waals surface area contributed by atoms with Crippen LogP contribution in [0.1, 0.15) is 22.3 Å². The maximum Gasteiger partial charge on any atom is 0.0639 e. The Balaban J connectivity index is 1.65. The van der Waals surface area contributed by atoms with Crippen molar-refractivity contribution in [2.45, 2.75) is 27.7 Å². The zero-order valence-corrected chi connectivity index (χ0v) is 14.7. The number of benzene rings is 2. The minimum absolute atomic E-state index is 0.711. The van der Waals surface area contributed by atoms with Crippen LogP contribution in [0.2, 0.25) is 0 Å². The second kappa shape index (κ2) is 8.59. The van der Waals surface area contributed by atoms with Crippen LogP contribution in [0.4, 0.5) is 11.4 Å². The van der Waals surface area contributed by atoms with Crippen molar-refractivity contribution < 1.29 is 4.74 Å². The third-order valence-corrected chi connectivity index (χ3v) is 4.06. The van der Waals surface area contributed by atoms with Gasteiger partial charge in [0.25, 0.3) is 0 Å². The SMILES string of the molecule is Cc1cccc(C)c1NCCOCCNc1c(C)cccc1C. The molecule has 0 radical (unpaired) electrons. The van der Waals surface area contributed by atoms with Gasteiger partial charge in [0.05, 0.1) is 13.2 Å². The fraction of sp³-hybridized carbons (Fsp3) is 0.400. The molecule has 0 atom stereocenters. The largest absolute Gasteiger partial charge is 0.382 e. The van der Waals surface area contributed by atoms with Crippen molar-refractivity contribution >= 4 is 11.4 Å². The van der Waals surface area contributed by atoms with E-state index in [1.165, 1.54) is 33.6 Å². The highest BCUT2D eigenvalue weighted by Crippen LogP contribution is 2.19. The lowest BCUT2D eigenvalue weighted by Gasteiger charge is -2.14. The first-order chi connectivity index (χ1) is 11.1. The number of aryl methyl sites for hydroxylation is 4. The number of hydrogen-bond donors (Lipinski definition) is 2. The Kier molecular flexibility index (Phi) is 6.48. The number of para-hydroxylation sites is 2. The summed E-state index contributed by atoms with van der Waals surface area (Å²) in [6, 6.07) is 12.7. The van der Waals surface area contributed by atoms with Gasteiger partial charge in [0, 0.05) is 24.5 Å². The van der Waals surface area contributed by atoms with E-state index < -0.39 is 0 Å². The molecule has 0 bridgehead atoms. The van der Waals surface area contributed by atoms with Gasteiger partial charge in [0.2, 0.25) is 0 Å². The first-order valence-corrected chi connectivity index (χ1v) is 8.27. The summed E-state index contributed by atoms with van der Waals surface area (Å²) in [4.78, 5) is 0. The molecule has 2 N–H and O–H groups in total. The molecule has 0 saturated carbocycles. The van der Waals surface area contributed by atoms with Crippen LogP contribution in [0, 0.1) is 27.7 Å². The molecule has 3 nitrogen and oxygen atoms in total. The molecule has 23 heavy (non-hydrogen) atoms. The zero-order chi connectivity index (χ0) is 16.7. The monoisotopic (exact) mass is 312 g/mol. The van der Waals surface area contributed by atoms with E-state index in [1.807, 2.05) is 0 Å². The van der Waals surface area contributed by atoms with E-state index in [4.69, 9.17) is 4.74 Å². The van der Waals surface area contributed by atoms with E-state index in [9.17, 15) is 0 Å². The van der Waals surface area contributed by atoms with Gasteiger partial charge in [-0.15, -0.1) is 0 Å². The Morgan fingerprint density at radius 3 is 1.35 bits per heavy atom.